The van der Waals surface area contributed by atoms with E-state index in [1.807, 2.05) is 0 Å². The highest BCUT2D eigenvalue weighted by Gasteiger charge is 2.25. The molecular weight excluding hydrogens is 752 g/mol. The van der Waals surface area contributed by atoms with Crippen LogP contribution in [0.2, 0.25) is 0 Å². The number of aromatic nitrogens is 4. The summed E-state index contributed by atoms with van der Waals surface area (Å²) in [6.45, 7) is 6.35. The van der Waals surface area contributed by atoms with Gasteiger partial charge >= 0.3 is 5.97 Å². The van der Waals surface area contributed by atoms with Gasteiger partial charge in [0.25, 0.3) is 0 Å². The van der Waals surface area contributed by atoms with Gasteiger partial charge in [-0.15, -0.1) is 0 Å². The maximum atomic E-state index is 14.3. The first-order chi connectivity index (χ1) is 26.8. The van der Waals surface area contributed by atoms with Crippen molar-refractivity contribution in [2.24, 2.45) is 5.73 Å². The highest BCUT2D eigenvalue weighted by Crippen LogP contribution is 2.27. The number of aliphatic carboxylic acids is 1. The van der Waals surface area contributed by atoms with Gasteiger partial charge in [-0.25, -0.2) is 36.3 Å². The molecule has 0 saturated heterocycles. The number of imidazole rings is 2. The minimum Gasteiger partial charge on any atom is -0.480 e. The predicted molar refractivity (Wildman–Crippen MR) is 198 cm³/mol. The number of hydrogen-bond donors (Lipinski definition) is 2. The molecule has 0 aliphatic rings. The molecule has 0 aliphatic heterocycles. The number of fused-ring (bicyclic) bond motifs is 2. The number of halogens is 6. The molecular formula is C41H37F6N7O3. The second kappa shape index (κ2) is 18.0. The van der Waals surface area contributed by atoms with Crippen molar-refractivity contribution in [2.75, 3.05) is 0 Å². The Morgan fingerprint density at radius 2 is 1.12 bits per heavy atom. The van der Waals surface area contributed by atoms with Crippen LogP contribution in [0, 0.1) is 57.6 Å². The van der Waals surface area contributed by atoms with Crippen molar-refractivity contribution in [1.82, 2.24) is 19.1 Å². The van der Waals surface area contributed by atoms with Gasteiger partial charge in [0.05, 0.1) is 53.2 Å². The Kier molecular flexibility index (Phi) is 13.6. The van der Waals surface area contributed by atoms with Crippen molar-refractivity contribution >= 4 is 33.8 Å². The maximum absolute atomic E-state index is 14.3. The number of Topliss-reactive ketones (excluding diaryl/α,β-unsaturated/α-hetero) is 1. The molecule has 0 spiro atoms. The fourth-order valence-electron chi connectivity index (χ4n) is 5.67. The summed E-state index contributed by atoms with van der Waals surface area (Å²) in [4.78, 5) is 30.5. The lowest BCUT2D eigenvalue weighted by molar-refractivity contribution is -0.137. The zero-order valence-corrected chi connectivity index (χ0v) is 31.3. The molecule has 0 bridgehead atoms. The van der Waals surface area contributed by atoms with E-state index in [0.29, 0.717) is 29.7 Å². The number of rotatable bonds is 10. The van der Waals surface area contributed by atoms with Gasteiger partial charge in [0.1, 0.15) is 29.2 Å². The Hall–Kier alpha value is -6.52. The lowest BCUT2D eigenvalue weighted by Gasteiger charge is -2.17. The van der Waals surface area contributed by atoms with Gasteiger partial charge in [-0.05, 0) is 81.6 Å². The third-order valence-electron chi connectivity index (χ3n) is 8.90. The van der Waals surface area contributed by atoms with Crippen LogP contribution in [0.25, 0.3) is 22.1 Å². The number of aryl methyl sites for hydroxylation is 1. The largest absolute Gasteiger partial charge is 0.480 e. The van der Waals surface area contributed by atoms with Gasteiger partial charge in [0.15, 0.2) is 29.1 Å². The van der Waals surface area contributed by atoms with Gasteiger partial charge in [0, 0.05) is 24.1 Å². The molecule has 6 aromatic rings. The molecule has 4 aromatic carbocycles. The van der Waals surface area contributed by atoms with Crippen molar-refractivity contribution < 1.29 is 41.0 Å². The number of ketones is 1. The first-order valence-corrected chi connectivity index (χ1v) is 17.2. The van der Waals surface area contributed by atoms with Gasteiger partial charge in [-0.1, -0.05) is 24.3 Å². The van der Waals surface area contributed by atoms with E-state index in [1.54, 1.807) is 52.0 Å². The molecule has 10 nitrogen and oxygen atoms in total. The van der Waals surface area contributed by atoms with Gasteiger partial charge in [-0.2, -0.15) is 10.5 Å². The van der Waals surface area contributed by atoms with Crippen LogP contribution in [0.3, 0.4) is 0 Å². The van der Waals surface area contributed by atoms with Crippen molar-refractivity contribution in [1.29, 1.82) is 10.5 Å². The van der Waals surface area contributed by atoms with Crippen molar-refractivity contribution in [3.8, 4) is 12.1 Å². The Labute approximate surface area is 323 Å². The number of carbonyl (C=O) groups is 2. The van der Waals surface area contributed by atoms with Gasteiger partial charge in [0.2, 0.25) is 0 Å². The Bertz CT molecular complexity index is 2530. The van der Waals surface area contributed by atoms with Gasteiger partial charge < -0.3 is 20.0 Å². The fourth-order valence-corrected chi connectivity index (χ4v) is 5.67. The molecule has 0 aliphatic carbocycles. The average Bonchev–Trinajstić information content (AvgIpc) is 3.78. The van der Waals surface area contributed by atoms with E-state index in [9.17, 15) is 35.9 Å². The second-order valence-electron chi connectivity index (χ2n) is 13.9. The van der Waals surface area contributed by atoms with Gasteiger partial charge in [-0.3, -0.25) is 9.59 Å². The number of nitrogens with two attached hydrogens (primary N) is 1. The normalized spacial score (nSPS) is 11.2. The zero-order chi connectivity index (χ0) is 42.2. The molecule has 16 heteroatoms. The van der Waals surface area contributed by atoms with Crippen LogP contribution in [0.4, 0.5) is 26.3 Å². The number of carboxylic acids is 1. The molecule has 0 unspecified atom stereocenters. The van der Waals surface area contributed by atoms with E-state index in [2.05, 4.69) is 22.1 Å². The summed E-state index contributed by atoms with van der Waals surface area (Å²) in [6, 6.07) is 18.0. The minimum absolute atomic E-state index is 0.0533. The highest BCUT2D eigenvalue weighted by atomic mass is 19.2. The maximum Gasteiger partial charge on any atom is 0.323 e. The van der Waals surface area contributed by atoms with E-state index in [0.717, 1.165) is 22.3 Å². The Morgan fingerprint density at radius 3 is 1.54 bits per heavy atom. The molecule has 57 heavy (non-hydrogen) atoms. The fraction of sp³-hybridized carbons (Fsp3) is 0.268. The molecule has 296 valence electrons. The van der Waals surface area contributed by atoms with Crippen LogP contribution in [-0.4, -0.2) is 36.0 Å². The summed E-state index contributed by atoms with van der Waals surface area (Å²) >= 11 is 0. The molecule has 2 aromatic heterocycles. The number of benzene rings is 4. The highest BCUT2D eigenvalue weighted by molar-refractivity contribution is 5.82. The molecule has 2 heterocycles. The molecule has 0 fully saturated rings. The summed E-state index contributed by atoms with van der Waals surface area (Å²) in [5.41, 5.74) is 6.03. The molecule has 0 atom stereocenters. The summed E-state index contributed by atoms with van der Waals surface area (Å²) < 4.78 is 83.8. The first-order valence-electron chi connectivity index (χ1n) is 17.2. The predicted octanol–water partition coefficient (Wildman–Crippen LogP) is 7.94. The van der Waals surface area contributed by atoms with Crippen LogP contribution in [0.1, 0.15) is 56.4 Å². The van der Waals surface area contributed by atoms with E-state index in [1.165, 1.54) is 41.5 Å². The molecule has 3 N–H and O–H groups in total. The van der Waals surface area contributed by atoms with E-state index < -0.39 is 52.4 Å². The molecule has 0 radical (unpaired) electrons. The number of carboxylic acid groups (broad SMARTS) is 1. The quantitative estimate of drug-likeness (QED) is 0.132. The summed E-state index contributed by atoms with van der Waals surface area (Å²) in [5, 5.41) is 26.5. The third kappa shape index (κ3) is 10.2. The summed E-state index contributed by atoms with van der Waals surface area (Å²) in [5.74, 6) is -6.35. The SMILES string of the molecule is CC(C)(C#N)c1ccc(CCC(=O)Cn2cnc3ccc(F)c(F)c32)cc1F.CC(C)(C#N)c1ccc(CN)cc1F.O=C(O)Cn1cnc2ccc(F)c(F)c21. The molecule has 0 saturated carbocycles. The van der Waals surface area contributed by atoms with Crippen LogP contribution < -0.4 is 5.73 Å². The first kappa shape index (κ1) is 43.2. The third-order valence-corrected chi connectivity index (χ3v) is 8.90. The Balaban J connectivity index is 0.000000209. The standard InChI is InChI=1S/C21H18F3N3O.C11H13FN2.C9H6F2N2O2/c1-21(2,11-25)15-6-4-13(9-17(15)23)3-5-14(28)10-27-12-26-18-8-7-16(22)19(24)20(18)27;1-11(2,7-14)9-4-3-8(6-13)5-10(9)12;10-5-1-2-6-9(8(5)11)13(4-12-6)3-7(14)15/h4,6-9,12H,3,5,10H2,1-2H3;3-5H,6,13H2,1-2H3;1-2,4H,3H2,(H,14,15). The van der Waals surface area contributed by atoms with E-state index >= 15 is 0 Å². The number of nitrogens with zero attached hydrogens (tertiary/aromatic N) is 6. The van der Waals surface area contributed by atoms with Crippen molar-refractivity contribution in [3.63, 3.8) is 0 Å². The molecule has 6 rings (SSSR count). The van der Waals surface area contributed by atoms with Crippen LogP contribution in [0.15, 0.2) is 73.3 Å². The monoisotopic (exact) mass is 789 g/mol. The number of carbonyl (C=O) groups excluding carboxylic acids is 1. The number of hydrogen-bond acceptors (Lipinski definition) is 7. The smallest absolute Gasteiger partial charge is 0.323 e. The topological polar surface area (TPSA) is 164 Å². The Morgan fingerprint density at radius 1 is 0.684 bits per heavy atom. The van der Waals surface area contributed by atoms with E-state index in [-0.39, 0.29) is 46.6 Å². The lowest BCUT2D eigenvalue weighted by atomic mass is 9.85. The van der Waals surface area contributed by atoms with Crippen LogP contribution in [0.5, 0.6) is 0 Å². The summed E-state index contributed by atoms with van der Waals surface area (Å²) in [6.07, 6.45) is 2.87. The zero-order valence-electron chi connectivity index (χ0n) is 31.3. The van der Waals surface area contributed by atoms with Crippen LogP contribution >= 0.6 is 0 Å². The molecule has 0 amide bonds. The lowest BCUT2D eigenvalue weighted by Crippen LogP contribution is -2.16. The second-order valence-corrected chi connectivity index (χ2v) is 13.9. The van der Waals surface area contributed by atoms with E-state index in [4.69, 9.17) is 21.4 Å². The average molecular weight is 790 g/mol. The van der Waals surface area contributed by atoms with Crippen molar-refractivity contribution in [2.45, 2.75) is 71.0 Å². The summed E-state index contributed by atoms with van der Waals surface area (Å²) in [7, 11) is 0. The van der Waals surface area contributed by atoms with Crippen molar-refractivity contribution in [3.05, 3.63) is 130 Å². The van der Waals surface area contributed by atoms with Crippen LogP contribution in [-0.2, 0) is 46.5 Å². The minimum atomic E-state index is -1.14. The number of nitriles is 2.